The van der Waals surface area contributed by atoms with E-state index in [-0.39, 0.29) is 5.91 Å². The Morgan fingerprint density at radius 2 is 2.21 bits per heavy atom. The third-order valence-corrected chi connectivity index (χ3v) is 4.78. The molecule has 2 heterocycles. The number of aryl methyl sites for hydroxylation is 1. The number of nitrogens with one attached hydrogen (secondary N) is 1. The molecule has 0 atom stereocenters. The third kappa shape index (κ3) is 4.66. The van der Waals surface area contributed by atoms with E-state index < -0.39 is 0 Å². The fourth-order valence-corrected chi connectivity index (χ4v) is 3.35. The monoisotopic (exact) mass is 360 g/mol. The van der Waals surface area contributed by atoms with Gasteiger partial charge in [-0.15, -0.1) is 11.3 Å². The molecule has 0 unspecified atom stereocenters. The van der Waals surface area contributed by atoms with Crippen molar-refractivity contribution in [2.24, 2.45) is 0 Å². The van der Waals surface area contributed by atoms with Gasteiger partial charge >= 0.3 is 0 Å². The second kappa shape index (κ2) is 8.08. The molecule has 24 heavy (non-hydrogen) atoms. The van der Waals surface area contributed by atoms with E-state index in [1.807, 2.05) is 35.0 Å². The number of rotatable bonds is 7. The summed E-state index contributed by atoms with van der Waals surface area (Å²) in [4.78, 5) is 21.3. The van der Waals surface area contributed by atoms with Gasteiger partial charge in [-0.1, -0.05) is 29.8 Å². The van der Waals surface area contributed by atoms with Gasteiger partial charge in [-0.3, -0.25) is 4.79 Å². The summed E-state index contributed by atoms with van der Waals surface area (Å²) in [5, 5.41) is 4.23. The lowest BCUT2D eigenvalue weighted by Gasteiger charge is -2.03. The number of carbonyl (C=O) groups excluding carboxylic acids is 1. The van der Waals surface area contributed by atoms with E-state index in [9.17, 15) is 4.79 Å². The lowest BCUT2D eigenvalue weighted by atomic mass is 10.1. The summed E-state index contributed by atoms with van der Waals surface area (Å²) in [6.45, 7) is 0.781. The molecule has 5 nitrogen and oxygen atoms in total. The highest BCUT2D eigenvalue weighted by atomic mass is 35.5. The van der Waals surface area contributed by atoms with Crippen LogP contribution in [0.25, 0.3) is 0 Å². The summed E-state index contributed by atoms with van der Waals surface area (Å²) in [7, 11) is 0. The standard InChI is InChI=1S/C17H17ClN4OS/c18-15-5-2-1-4-13(15)10-14-11-20-17(24-14)21-16(23)6-3-8-22-9-7-19-12-22/h1-2,4-5,7,9,11-12H,3,6,8,10H2,(H,20,21,23). The molecule has 3 aromatic rings. The average Bonchev–Trinajstić information content (AvgIpc) is 3.22. The Morgan fingerprint density at radius 1 is 1.33 bits per heavy atom. The van der Waals surface area contributed by atoms with Crippen molar-refractivity contribution in [3.8, 4) is 0 Å². The third-order valence-electron chi connectivity index (χ3n) is 3.50. The zero-order valence-electron chi connectivity index (χ0n) is 13.0. The van der Waals surface area contributed by atoms with Crippen molar-refractivity contribution < 1.29 is 4.79 Å². The first kappa shape index (κ1) is 16.7. The van der Waals surface area contributed by atoms with Crippen LogP contribution >= 0.6 is 22.9 Å². The molecule has 0 saturated carbocycles. The zero-order chi connectivity index (χ0) is 16.8. The van der Waals surface area contributed by atoms with Crippen LogP contribution in [0.5, 0.6) is 0 Å². The smallest absolute Gasteiger partial charge is 0.226 e. The number of amides is 1. The molecule has 1 aromatic carbocycles. The molecule has 0 fully saturated rings. The maximum Gasteiger partial charge on any atom is 0.226 e. The minimum absolute atomic E-state index is 0.0197. The normalized spacial score (nSPS) is 10.7. The first-order chi connectivity index (χ1) is 11.7. The number of benzene rings is 1. The van der Waals surface area contributed by atoms with Gasteiger partial charge < -0.3 is 9.88 Å². The average molecular weight is 361 g/mol. The number of imidazole rings is 1. The molecule has 0 aliphatic heterocycles. The fourth-order valence-electron chi connectivity index (χ4n) is 2.30. The SMILES string of the molecule is O=C(CCCn1ccnc1)Nc1ncc(Cc2ccccc2Cl)s1. The van der Waals surface area contributed by atoms with Crippen LogP contribution in [0.2, 0.25) is 5.02 Å². The minimum atomic E-state index is -0.0197. The van der Waals surface area contributed by atoms with Crippen LogP contribution in [0.1, 0.15) is 23.3 Å². The molecule has 3 rings (SSSR count). The van der Waals surface area contributed by atoms with E-state index in [1.54, 1.807) is 18.7 Å². The zero-order valence-corrected chi connectivity index (χ0v) is 14.6. The van der Waals surface area contributed by atoms with Gasteiger partial charge in [0.15, 0.2) is 5.13 Å². The van der Waals surface area contributed by atoms with Gasteiger partial charge in [-0.05, 0) is 18.1 Å². The van der Waals surface area contributed by atoms with E-state index in [0.29, 0.717) is 18.0 Å². The maximum absolute atomic E-state index is 12.0. The predicted molar refractivity (Wildman–Crippen MR) is 96.5 cm³/mol. The largest absolute Gasteiger partial charge is 0.337 e. The molecular formula is C17H17ClN4OS. The molecule has 0 radical (unpaired) electrons. The highest BCUT2D eigenvalue weighted by Gasteiger charge is 2.08. The number of hydrogen-bond donors (Lipinski definition) is 1. The van der Waals surface area contributed by atoms with Crippen molar-refractivity contribution in [2.75, 3.05) is 5.32 Å². The first-order valence-electron chi connectivity index (χ1n) is 7.64. The van der Waals surface area contributed by atoms with E-state index in [4.69, 9.17) is 11.6 Å². The van der Waals surface area contributed by atoms with Crippen LogP contribution < -0.4 is 5.32 Å². The van der Waals surface area contributed by atoms with E-state index >= 15 is 0 Å². The van der Waals surface area contributed by atoms with Gasteiger partial charge in [0, 0.05) is 47.9 Å². The first-order valence-corrected chi connectivity index (χ1v) is 8.84. The summed E-state index contributed by atoms with van der Waals surface area (Å²) in [5.74, 6) is -0.0197. The van der Waals surface area contributed by atoms with Gasteiger partial charge in [0.25, 0.3) is 0 Å². The molecular weight excluding hydrogens is 344 g/mol. The number of halogens is 1. The molecule has 0 bridgehead atoms. The molecule has 7 heteroatoms. The Bertz CT molecular complexity index is 801. The number of carbonyl (C=O) groups is 1. The molecule has 0 aliphatic carbocycles. The summed E-state index contributed by atoms with van der Waals surface area (Å²) in [6, 6.07) is 7.75. The van der Waals surface area contributed by atoms with Crippen molar-refractivity contribution in [3.63, 3.8) is 0 Å². The second-order valence-corrected chi connectivity index (χ2v) is 6.87. The van der Waals surface area contributed by atoms with Crippen LogP contribution in [-0.2, 0) is 17.8 Å². The van der Waals surface area contributed by atoms with Gasteiger partial charge in [-0.25, -0.2) is 9.97 Å². The number of thiazole rings is 1. The van der Waals surface area contributed by atoms with Crippen LogP contribution in [0.15, 0.2) is 49.2 Å². The van der Waals surface area contributed by atoms with Crippen LogP contribution in [0.3, 0.4) is 0 Å². The summed E-state index contributed by atoms with van der Waals surface area (Å²) >= 11 is 7.65. The molecule has 0 spiro atoms. The van der Waals surface area contributed by atoms with Crippen LogP contribution in [0, 0.1) is 0 Å². The summed E-state index contributed by atoms with van der Waals surface area (Å²) in [5.41, 5.74) is 1.06. The Hall–Kier alpha value is -2.18. The molecule has 0 saturated heterocycles. The molecule has 0 aliphatic rings. The number of aromatic nitrogens is 3. The molecule has 1 N–H and O–H groups in total. The van der Waals surface area contributed by atoms with Crippen molar-refractivity contribution >= 4 is 34.0 Å². The van der Waals surface area contributed by atoms with Gasteiger partial charge in [0.1, 0.15) is 0 Å². The Labute approximate surface area is 149 Å². The van der Waals surface area contributed by atoms with E-state index in [0.717, 1.165) is 28.4 Å². The second-order valence-electron chi connectivity index (χ2n) is 5.35. The quantitative estimate of drug-likeness (QED) is 0.692. The van der Waals surface area contributed by atoms with Crippen molar-refractivity contribution in [1.29, 1.82) is 0 Å². The van der Waals surface area contributed by atoms with Crippen LogP contribution in [0.4, 0.5) is 5.13 Å². The van der Waals surface area contributed by atoms with Gasteiger partial charge in [0.2, 0.25) is 5.91 Å². The van der Waals surface area contributed by atoms with Crippen molar-refractivity contribution in [2.45, 2.75) is 25.8 Å². The van der Waals surface area contributed by atoms with Crippen molar-refractivity contribution in [1.82, 2.24) is 14.5 Å². The molecule has 2 aromatic heterocycles. The van der Waals surface area contributed by atoms with E-state index in [1.165, 1.54) is 11.3 Å². The highest BCUT2D eigenvalue weighted by Crippen LogP contribution is 2.24. The highest BCUT2D eigenvalue weighted by molar-refractivity contribution is 7.15. The molecule has 124 valence electrons. The summed E-state index contributed by atoms with van der Waals surface area (Å²) < 4.78 is 1.96. The Balaban J connectivity index is 1.48. The van der Waals surface area contributed by atoms with Gasteiger partial charge in [0.05, 0.1) is 6.33 Å². The summed E-state index contributed by atoms with van der Waals surface area (Å²) in [6.07, 6.45) is 9.09. The Kier molecular flexibility index (Phi) is 5.61. The predicted octanol–water partition coefficient (Wildman–Crippen LogP) is 4.00. The van der Waals surface area contributed by atoms with Crippen molar-refractivity contribution in [3.05, 3.63) is 64.6 Å². The Morgan fingerprint density at radius 3 is 3.00 bits per heavy atom. The number of anilines is 1. The lowest BCUT2D eigenvalue weighted by molar-refractivity contribution is -0.116. The van der Waals surface area contributed by atoms with E-state index in [2.05, 4.69) is 15.3 Å². The topological polar surface area (TPSA) is 59.8 Å². The van der Waals surface area contributed by atoms with Gasteiger partial charge in [-0.2, -0.15) is 0 Å². The lowest BCUT2D eigenvalue weighted by Crippen LogP contribution is -2.11. The maximum atomic E-state index is 12.0. The van der Waals surface area contributed by atoms with Crippen LogP contribution in [-0.4, -0.2) is 20.4 Å². The number of hydrogen-bond acceptors (Lipinski definition) is 4. The number of nitrogens with zero attached hydrogens (tertiary/aromatic N) is 3. The molecule has 1 amide bonds. The minimum Gasteiger partial charge on any atom is -0.337 e. The fraction of sp³-hybridized carbons (Fsp3) is 0.235.